The van der Waals surface area contributed by atoms with Crippen molar-refractivity contribution in [2.75, 3.05) is 0 Å². The molecular formula is C19H17N3O. The fourth-order valence-corrected chi connectivity index (χ4v) is 3.19. The zero-order valence-electron chi connectivity index (χ0n) is 12.7. The molecule has 23 heavy (non-hydrogen) atoms. The van der Waals surface area contributed by atoms with E-state index in [1.165, 1.54) is 0 Å². The standard InChI is InChI=1S/C19H17N3O/c23-16-11-6-10-14-17(16)18(13-7-2-1-3-8-13)22-19(21-14)15-9-4-5-12-20-15/h1-5,7-9,12,18H,6,10-11H2,(H,21,22)/t18-/m1/s1. The van der Waals surface area contributed by atoms with E-state index in [-0.39, 0.29) is 11.8 Å². The summed E-state index contributed by atoms with van der Waals surface area (Å²) in [7, 11) is 0. The van der Waals surface area contributed by atoms with Crippen LogP contribution in [-0.4, -0.2) is 16.6 Å². The van der Waals surface area contributed by atoms with Gasteiger partial charge in [0.2, 0.25) is 0 Å². The predicted octanol–water partition coefficient (Wildman–Crippen LogP) is 3.18. The SMILES string of the molecule is O=C1CCCC2=C1[C@@H](c1ccccc1)N=C(c1ccccn1)N2. The summed E-state index contributed by atoms with van der Waals surface area (Å²) >= 11 is 0. The number of Topliss-reactive ketones (excluding diaryl/α,β-unsaturated/α-hetero) is 1. The Hall–Kier alpha value is -2.75. The van der Waals surface area contributed by atoms with Crippen molar-refractivity contribution in [3.63, 3.8) is 0 Å². The highest BCUT2D eigenvalue weighted by Crippen LogP contribution is 2.36. The van der Waals surface area contributed by atoms with Crippen LogP contribution in [0.4, 0.5) is 0 Å². The van der Waals surface area contributed by atoms with Gasteiger partial charge < -0.3 is 5.32 Å². The average molecular weight is 303 g/mol. The van der Waals surface area contributed by atoms with E-state index >= 15 is 0 Å². The van der Waals surface area contributed by atoms with Gasteiger partial charge in [0.25, 0.3) is 0 Å². The molecule has 1 aromatic carbocycles. The Labute approximate surface area is 135 Å². The number of benzene rings is 1. The molecule has 114 valence electrons. The molecule has 2 heterocycles. The van der Waals surface area contributed by atoms with E-state index in [0.29, 0.717) is 6.42 Å². The summed E-state index contributed by atoms with van der Waals surface area (Å²) in [5.74, 6) is 0.948. The predicted molar refractivity (Wildman–Crippen MR) is 89.0 cm³/mol. The van der Waals surface area contributed by atoms with E-state index in [2.05, 4.69) is 10.3 Å². The summed E-state index contributed by atoms with van der Waals surface area (Å²) in [6, 6.07) is 15.5. The van der Waals surface area contributed by atoms with E-state index in [1.54, 1.807) is 6.20 Å². The first kappa shape index (κ1) is 13.9. The highest BCUT2D eigenvalue weighted by molar-refractivity contribution is 6.05. The fraction of sp³-hybridized carbons (Fsp3) is 0.211. The number of allylic oxidation sites excluding steroid dienone is 1. The number of nitrogens with zero attached hydrogens (tertiary/aromatic N) is 2. The molecule has 0 spiro atoms. The number of hydrogen-bond acceptors (Lipinski definition) is 4. The van der Waals surface area contributed by atoms with Crippen molar-refractivity contribution in [3.8, 4) is 0 Å². The van der Waals surface area contributed by atoms with E-state index < -0.39 is 0 Å². The van der Waals surface area contributed by atoms with Crippen molar-refractivity contribution in [2.45, 2.75) is 25.3 Å². The third-order valence-corrected chi connectivity index (χ3v) is 4.28. The Morgan fingerprint density at radius 3 is 2.61 bits per heavy atom. The van der Waals surface area contributed by atoms with E-state index in [9.17, 15) is 4.79 Å². The Kier molecular flexibility index (Phi) is 3.50. The summed E-state index contributed by atoms with van der Waals surface area (Å²) in [6.45, 7) is 0. The van der Waals surface area contributed by atoms with E-state index in [4.69, 9.17) is 4.99 Å². The highest BCUT2D eigenvalue weighted by Gasteiger charge is 2.32. The van der Waals surface area contributed by atoms with Crippen LogP contribution in [0.1, 0.15) is 36.6 Å². The second kappa shape index (κ2) is 5.80. The summed E-state index contributed by atoms with van der Waals surface area (Å²) < 4.78 is 0. The third kappa shape index (κ3) is 2.57. The third-order valence-electron chi connectivity index (χ3n) is 4.28. The zero-order chi connectivity index (χ0) is 15.6. The summed E-state index contributed by atoms with van der Waals surface area (Å²) in [4.78, 5) is 21.7. The molecule has 1 aliphatic carbocycles. The van der Waals surface area contributed by atoms with Gasteiger partial charge in [-0.15, -0.1) is 0 Å². The second-order valence-electron chi connectivity index (χ2n) is 5.80. The maximum Gasteiger partial charge on any atom is 0.163 e. The van der Waals surface area contributed by atoms with Gasteiger partial charge in [-0.05, 0) is 30.5 Å². The topological polar surface area (TPSA) is 54.4 Å². The quantitative estimate of drug-likeness (QED) is 0.927. The number of carbonyl (C=O) groups excluding carboxylic acids is 1. The largest absolute Gasteiger partial charge is 0.342 e. The van der Waals surface area contributed by atoms with Crippen LogP contribution in [0, 0.1) is 0 Å². The number of carbonyl (C=O) groups is 1. The molecule has 2 aromatic rings. The number of aliphatic imine (C=N–C) groups is 1. The van der Waals surface area contributed by atoms with Gasteiger partial charge in [-0.2, -0.15) is 0 Å². The van der Waals surface area contributed by atoms with Crippen LogP contribution in [0.15, 0.2) is 71.0 Å². The molecule has 0 saturated carbocycles. The lowest BCUT2D eigenvalue weighted by Gasteiger charge is -2.30. The van der Waals surface area contributed by atoms with Gasteiger partial charge in [-0.25, -0.2) is 0 Å². The molecule has 1 N–H and O–H groups in total. The second-order valence-corrected chi connectivity index (χ2v) is 5.80. The first-order valence-electron chi connectivity index (χ1n) is 7.90. The molecule has 4 rings (SSSR count). The van der Waals surface area contributed by atoms with Crippen molar-refractivity contribution in [3.05, 3.63) is 77.3 Å². The van der Waals surface area contributed by atoms with Gasteiger partial charge in [0.05, 0.1) is 0 Å². The normalized spacial score (nSPS) is 20.6. The van der Waals surface area contributed by atoms with Gasteiger partial charge in [0, 0.05) is 23.9 Å². The minimum Gasteiger partial charge on any atom is -0.342 e. The highest BCUT2D eigenvalue weighted by atomic mass is 16.1. The minimum absolute atomic E-state index is 0.205. The van der Waals surface area contributed by atoms with Crippen molar-refractivity contribution in [1.82, 2.24) is 10.3 Å². The van der Waals surface area contributed by atoms with Crippen LogP contribution in [0.2, 0.25) is 0 Å². The number of hydrogen-bond donors (Lipinski definition) is 1. The molecule has 0 bridgehead atoms. The maximum atomic E-state index is 12.5. The van der Waals surface area contributed by atoms with Crippen LogP contribution in [0.25, 0.3) is 0 Å². The Morgan fingerprint density at radius 2 is 1.83 bits per heavy atom. The molecule has 0 fully saturated rings. The summed E-state index contributed by atoms with van der Waals surface area (Å²) in [5, 5.41) is 3.35. The van der Waals surface area contributed by atoms with Crippen molar-refractivity contribution < 1.29 is 4.79 Å². The lowest BCUT2D eigenvalue weighted by atomic mass is 9.85. The molecule has 2 aliphatic rings. The first-order chi connectivity index (χ1) is 11.3. The molecular weight excluding hydrogens is 286 g/mol. The summed E-state index contributed by atoms with van der Waals surface area (Å²) in [6.07, 6.45) is 4.14. The number of amidine groups is 1. The van der Waals surface area contributed by atoms with Crippen molar-refractivity contribution >= 4 is 11.6 Å². The number of nitrogens with one attached hydrogen (secondary N) is 1. The molecule has 0 radical (unpaired) electrons. The van der Waals surface area contributed by atoms with Crippen LogP contribution in [0.5, 0.6) is 0 Å². The van der Waals surface area contributed by atoms with Crippen molar-refractivity contribution in [1.29, 1.82) is 0 Å². The average Bonchev–Trinajstić information content (AvgIpc) is 2.62. The van der Waals surface area contributed by atoms with Crippen molar-refractivity contribution in [2.24, 2.45) is 4.99 Å². The number of rotatable bonds is 2. The van der Waals surface area contributed by atoms with Crippen LogP contribution in [0.3, 0.4) is 0 Å². The van der Waals surface area contributed by atoms with Crippen LogP contribution >= 0.6 is 0 Å². The number of aromatic nitrogens is 1. The molecule has 0 unspecified atom stereocenters. The molecule has 0 saturated heterocycles. The monoisotopic (exact) mass is 303 g/mol. The van der Waals surface area contributed by atoms with Crippen LogP contribution < -0.4 is 5.32 Å². The molecule has 4 nitrogen and oxygen atoms in total. The Balaban J connectivity index is 1.83. The zero-order valence-corrected chi connectivity index (χ0v) is 12.7. The first-order valence-corrected chi connectivity index (χ1v) is 7.90. The smallest absolute Gasteiger partial charge is 0.163 e. The lowest BCUT2D eigenvalue weighted by molar-refractivity contribution is -0.116. The molecule has 1 atom stereocenters. The van der Waals surface area contributed by atoms with E-state index in [0.717, 1.165) is 41.2 Å². The van der Waals surface area contributed by atoms with Gasteiger partial charge >= 0.3 is 0 Å². The fourth-order valence-electron chi connectivity index (χ4n) is 3.19. The van der Waals surface area contributed by atoms with Gasteiger partial charge in [-0.1, -0.05) is 36.4 Å². The molecule has 4 heteroatoms. The minimum atomic E-state index is -0.239. The van der Waals surface area contributed by atoms with E-state index in [1.807, 2.05) is 48.5 Å². The summed E-state index contributed by atoms with van der Waals surface area (Å²) in [5.41, 5.74) is 3.68. The van der Waals surface area contributed by atoms with Gasteiger partial charge in [-0.3, -0.25) is 14.8 Å². The Morgan fingerprint density at radius 1 is 1.00 bits per heavy atom. The molecule has 1 aromatic heterocycles. The van der Waals surface area contributed by atoms with Gasteiger partial charge in [0.15, 0.2) is 11.6 Å². The maximum absolute atomic E-state index is 12.5. The van der Waals surface area contributed by atoms with Gasteiger partial charge in [0.1, 0.15) is 11.7 Å². The Bertz CT molecular complexity index is 794. The number of ketones is 1. The molecule has 0 amide bonds. The van der Waals surface area contributed by atoms with Crippen LogP contribution in [-0.2, 0) is 4.79 Å². The number of pyridine rings is 1. The molecule has 1 aliphatic heterocycles. The lowest BCUT2D eigenvalue weighted by Crippen LogP contribution is -2.35.